The lowest BCUT2D eigenvalue weighted by atomic mass is 10.1. The topological polar surface area (TPSA) is 127 Å². The minimum absolute atomic E-state index is 0.0887. The molecule has 0 aliphatic heterocycles. The summed E-state index contributed by atoms with van der Waals surface area (Å²) in [5.74, 6) is -1.67. The number of hydrogen-bond donors (Lipinski definition) is 3. The molecule has 0 heterocycles. The van der Waals surface area contributed by atoms with E-state index in [1.165, 1.54) is 24.3 Å². The number of carbonyl (C=O) groups excluding carboxylic acids is 1. The maximum atomic E-state index is 11.6. The summed E-state index contributed by atoms with van der Waals surface area (Å²) in [7, 11) is -3.52. The first-order valence-corrected chi connectivity index (χ1v) is 7.13. The quantitative estimate of drug-likeness (QED) is 0.624. The van der Waals surface area contributed by atoms with Crippen LogP contribution in [0, 0.1) is 0 Å². The van der Waals surface area contributed by atoms with Crippen LogP contribution in [0.25, 0.3) is 0 Å². The third kappa shape index (κ3) is 5.49. The van der Waals surface area contributed by atoms with Gasteiger partial charge in [-0.05, 0) is 30.7 Å². The van der Waals surface area contributed by atoms with Crippen LogP contribution in [0.5, 0.6) is 0 Å². The van der Waals surface area contributed by atoms with Gasteiger partial charge in [0.05, 0.1) is 11.3 Å². The standard InChI is InChI=1S/C11H14N2O5S/c12-19(17,18)7-1-6-13-10(14)8-2-4-9(5-3-8)11(15)16/h2-5H,1,6-7H2,(H,13,14)(H,15,16)(H2,12,17,18). The number of carboxylic acid groups (broad SMARTS) is 1. The predicted molar refractivity (Wildman–Crippen MR) is 68.3 cm³/mol. The number of primary sulfonamides is 1. The summed E-state index contributed by atoms with van der Waals surface area (Å²) in [6.07, 6.45) is 0.220. The number of nitrogens with one attached hydrogen (secondary N) is 1. The molecule has 4 N–H and O–H groups in total. The molecule has 19 heavy (non-hydrogen) atoms. The fourth-order valence-corrected chi connectivity index (χ4v) is 1.89. The Balaban J connectivity index is 2.48. The third-order valence-corrected chi connectivity index (χ3v) is 3.14. The largest absolute Gasteiger partial charge is 0.478 e. The van der Waals surface area contributed by atoms with Crippen LogP contribution in [0.15, 0.2) is 24.3 Å². The number of aromatic carboxylic acids is 1. The molecule has 0 spiro atoms. The van der Waals surface area contributed by atoms with E-state index < -0.39 is 21.9 Å². The summed E-state index contributed by atoms with van der Waals surface area (Å²) in [4.78, 5) is 22.2. The molecule has 0 aromatic heterocycles. The van der Waals surface area contributed by atoms with Gasteiger partial charge in [-0.1, -0.05) is 0 Å². The van der Waals surface area contributed by atoms with E-state index in [9.17, 15) is 18.0 Å². The Morgan fingerprint density at radius 2 is 1.68 bits per heavy atom. The maximum absolute atomic E-state index is 11.6. The van der Waals surface area contributed by atoms with Crippen molar-refractivity contribution in [1.29, 1.82) is 0 Å². The predicted octanol–water partition coefficient (Wildman–Crippen LogP) is -0.207. The number of benzene rings is 1. The highest BCUT2D eigenvalue weighted by Crippen LogP contribution is 2.04. The molecular formula is C11H14N2O5S. The number of amides is 1. The average molecular weight is 286 g/mol. The molecule has 7 nitrogen and oxygen atoms in total. The van der Waals surface area contributed by atoms with Crippen LogP contribution >= 0.6 is 0 Å². The molecule has 0 atom stereocenters. The normalized spacial score (nSPS) is 11.0. The van der Waals surface area contributed by atoms with Crippen LogP contribution < -0.4 is 10.5 Å². The van der Waals surface area contributed by atoms with Crippen molar-refractivity contribution in [2.75, 3.05) is 12.3 Å². The van der Waals surface area contributed by atoms with Crippen molar-refractivity contribution in [3.8, 4) is 0 Å². The highest BCUT2D eigenvalue weighted by Gasteiger charge is 2.08. The Labute approximate surface area is 110 Å². The summed E-state index contributed by atoms with van der Waals surface area (Å²) in [6, 6.07) is 5.42. The zero-order chi connectivity index (χ0) is 14.5. The highest BCUT2D eigenvalue weighted by atomic mass is 32.2. The molecule has 0 radical (unpaired) electrons. The molecule has 1 aromatic rings. The molecule has 104 valence electrons. The molecule has 1 rings (SSSR count). The number of hydrogen-bond acceptors (Lipinski definition) is 4. The minimum Gasteiger partial charge on any atom is -0.478 e. The van der Waals surface area contributed by atoms with Crippen molar-refractivity contribution < 1.29 is 23.1 Å². The summed E-state index contributed by atoms with van der Waals surface area (Å²) < 4.78 is 21.3. The molecule has 0 bridgehead atoms. The minimum atomic E-state index is -3.52. The van der Waals surface area contributed by atoms with E-state index in [-0.39, 0.29) is 24.3 Å². The lowest BCUT2D eigenvalue weighted by Gasteiger charge is -2.05. The van der Waals surface area contributed by atoms with Gasteiger partial charge in [-0.25, -0.2) is 18.4 Å². The van der Waals surface area contributed by atoms with E-state index in [1.54, 1.807) is 0 Å². The van der Waals surface area contributed by atoms with Gasteiger partial charge in [0.15, 0.2) is 0 Å². The molecule has 0 aliphatic rings. The Morgan fingerprint density at radius 1 is 1.16 bits per heavy atom. The first kappa shape index (κ1) is 15.1. The van der Waals surface area contributed by atoms with E-state index in [4.69, 9.17) is 10.2 Å². The van der Waals surface area contributed by atoms with Crippen molar-refractivity contribution in [1.82, 2.24) is 5.32 Å². The van der Waals surface area contributed by atoms with Crippen LogP contribution in [-0.4, -0.2) is 37.7 Å². The Morgan fingerprint density at radius 3 is 2.16 bits per heavy atom. The van der Waals surface area contributed by atoms with E-state index in [1.807, 2.05) is 0 Å². The molecule has 1 aromatic carbocycles. The van der Waals surface area contributed by atoms with Gasteiger partial charge < -0.3 is 10.4 Å². The molecule has 0 saturated carbocycles. The third-order valence-electron chi connectivity index (χ3n) is 2.29. The average Bonchev–Trinajstić information content (AvgIpc) is 2.33. The molecule has 8 heteroatoms. The fraction of sp³-hybridized carbons (Fsp3) is 0.273. The highest BCUT2D eigenvalue weighted by molar-refractivity contribution is 7.89. The van der Waals surface area contributed by atoms with Crippen molar-refractivity contribution in [2.24, 2.45) is 5.14 Å². The summed E-state index contributed by atoms with van der Waals surface area (Å²) >= 11 is 0. The fourth-order valence-electron chi connectivity index (χ4n) is 1.34. The Kier molecular flexibility index (Phi) is 5.02. The van der Waals surface area contributed by atoms with Gasteiger partial charge in [-0.2, -0.15) is 0 Å². The monoisotopic (exact) mass is 286 g/mol. The van der Waals surface area contributed by atoms with Crippen LogP contribution in [0.1, 0.15) is 27.1 Å². The molecular weight excluding hydrogens is 272 g/mol. The van der Waals surface area contributed by atoms with Crippen LogP contribution in [0.2, 0.25) is 0 Å². The smallest absolute Gasteiger partial charge is 0.335 e. The van der Waals surface area contributed by atoms with Gasteiger partial charge in [0.25, 0.3) is 5.91 Å². The van der Waals surface area contributed by atoms with Gasteiger partial charge in [0.1, 0.15) is 0 Å². The molecule has 0 aliphatic carbocycles. The first-order chi connectivity index (χ1) is 8.79. The number of nitrogens with two attached hydrogens (primary N) is 1. The van der Waals surface area contributed by atoms with Gasteiger partial charge in [-0.15, -0.1) is 0 Å². The molecule has 1 amide bonds. The van der Waals surface area contributed by atoms with Gasteiger partial charge in [0.2, 0.25) is 10.0 Å². The number of carbonyl (C=O) groups is 2. The maximum Gasteiger partial charge on any atom is 0.335 e. The number of rotatable bonds is 6. The molecule has 0 saturated heterocycles. The van der Waals surface area contributed by atoms with Crippen molar-refractivity contribution >= 4 is 21.9 Å². The zero-order valence-corrected chi connectivity index (χ0v) is 10.8. The van der Waals surface area contributed by atoms with Crippen molar-refractivity contribution in [3.63, 3.8) is 0 Å². The van der Waals surface area contributed by atoms with E-state index in [0.717, 1.165) is 0 Å². The summed E-state index contributed by atoms with van der Waals surface area (Å²) in [6.45, 7) is 0.177. The van der Waals surface area contributed by atoms with Crippen molar-refractivity contribution in [3.05, 3.63) is 35.4 Å². The SMILES string of the molecule is NS(=O)(=O)CCCNC(=O)c1ccc(C(=O)O)cc1. The van der Waals surface area contributed by atoms with E-state index in [0.29, 0.717) is 5.56 Å². The Bertz CT molecular complexity index is 565. The van der Waals surface area contributed by atoms with Gasteiger partial charge in [0, 0.05) is 12.1 Å². The first-order valence-electron chi connectivity index (χ1n) is 5.41. The number of sulfonamides is 1. The molecule has 0 fully saturated rings. The number of carboxylic acids is 1. The van der Waals surface area contributed by atoms with Crippen molar-refractivity contribution in [2.45, 2.75) is 6.42 Å². The summed E-state index contributed by atoms with van der Waals surface area (Å²) in [5.41, 5.74) is 0.395. The van der Waals surface area contributed by atoms with Crippen LogP contribution in [-0.2, 0) is 10.0 Å². The Hall–Kier alpha value is -1.93. The second-order valence-electron chi connectivity index (χ2n) is 3.86. The van der Waals surface area contributed by atoms with E-state index >= 15 is 0 Å². The van der Waals surface area contributed by atoms with E-state index in [2.05, 4.69) is 5.32 Å². The summed E-state index contributed by atoms with van der Waals surface area (Å²) in [5, 5.41) is 16.0. The lowest BCUT2D eigenvalue weighted by molar-refractivity contribution is 0.0696. The van der Waals surface area contributed by atoms with Crippen LogP contribution in [0.3, 0.4) is 0 Å². The van der Waals surface area contributed by atoms with Crippen LogP contribution in [0.4, 0.5) is 0 Å². The molecule has 0 unspecified atom stereocenters. The lowest BCUT2D eigenvalue weighted by Crippen LogP contribution is -2.27. The van der Waals surface area contributed by atoms with Gasteiger partial charge >= 0.3 is 5.97 Å². The zero-order valence-electron chi connectivity index (χ0n) is 10.00. The van der Waals surface area contributed by atoms with Gasteiger partial charge in [-0.3, -0.25) is 4.79 Å². The second-order valence-corrected chi connectivity index (χ2v) is 5.59. The second kappa shape index (κ2) is 6.30.